The zero-order chi connectivity index (χ0) is 20.8. The maximum atomic E-state index is 13.7. The Morgan fingerprint density at radius 3 is 2.77 bits per heavy atom. The Hall–Kier alpha value is -2.92. The highest BCUT2D eigenvalue weighted by molar-refractivity contribution is 5.85. The molecule has 2 heterocycles. The van der Waals surface area contributed by atoms with Crippen LogP contribution >= 0.6 is 0 Å². The van der Waals surface area contributed by atoms with Gasteiger partial charge in [-0.05, 0) is 67.6 Å². The second kappa shape index (κ2) is 7.40. The van der Waals surface area contributed by atoms with E-state index >= 15 is 0 Å². The number of anilines is 1. The number of hydrogen-bond acceptors (Lipinski definition) is 3. The highest BCUT2D eigenvalue weighted by atomic mass is 19.1. The number of para-hydroxylation sites is 1. The Morgan fingerprint density at radius 2 is 1.97 bits per heavy atom. The Balaban J connectivity index is 1.60. The monoisotopic (exact) mass is 402 g/mol. The van der Waals surface area contributed by atoms with Gasteiger partial charge in [-0.25, -0.2) is 9.37 Å². The first-order chi connectivity index (χ1) is 14.5. The molecule has 0 radical (unpaired) electrons. The molecule has 154 valence electrons. The van der Waals surface area contributed by atoms with Gasteiger partial charge in [0.25, 0.3) is 0 Å². The van der Waals surface area contributed by atoms with Crippen LogP contribution in [0.4, 0.5) is 10.2 Å². The second-order valence-electron chi connectivity index (χ2n) is 8.60. The number of aryl methyl sites for hydroxylation is 2. The second-order valence-corrected chi connectivity index (χ2v) is 8.60. The molecule has 0 unspecified atom stereocenters. The van der Waals surface area contributed by atoms with Crippen molar-refractivity contribution in [3.05, 3.63) is 71.7 Å². The molecule has 2 N–H and O–H groups in total. The van der Waals surface area contributed by atoms with E-state index in [9.17, 15) is 4.39 Å². The van der Waals surface area contributed by atoms with Crippen LogP contribution in [-0.2, 0) is 13.6 Å². The summed E-state index contributed by atoms with van der Waals surface area (Å²) in [5.74, 6) is 0.716. The highest BCUT2D eigenvalue weighted by Crippen LogP contribution is 2.32. The lowest BCUT2D eigenvalue weighted by molar-refractivity contribution is 0.587. The first-order valence-corrected chi connectivity index (χ1v) is 10.6. The maximum absolute atomic E-state index is 13.7. The number of nitrogens with zero attached hydrogens (tertiary/aromatic N) is 3. The molecule has 30 heavy (non-hydrogen) atoms. The van der Waals surface area contributed by atoms with Gasteiger partial charge in [0.1, 0.15) is 11.6 Å². The van der Waals surface area contributed by atoms with Gasteiger partial charge in [-0.3, -0.25) is 0 Å². The van der Waals surface area contributed by atoms with E-state index in [1.807, 2.05) is 6.92 Å². The lowest BCUT2D eigenvalue weighted by Gasteiger charge is -2.31. The third-order valence-electron chi connectivity index (χ3n) is 6.46. The summed E-state index contributed by atoms with van der Waals surface area (Å²) in [5, 5.41) is 2.14. The van der Waals surface area contributed by atoms with Crippen molar-refractivity contribution >= 4 is 27.6 Å². The summed E-state index contributed by atoms with van der Waals surface area (Å²) in [5.41, 5.74) is 10.7. The van der Waals surface area contributed by atoms with E-state index in [-0.39, 0.29) is 11.9 Å². The minimum absolute atomic E-state index is 0.227. The van der Waals surface area contributed by atoms with Gasteiger partial charge in [-0.1, -0.05) is 18.2 Å². The van der Waals surface area contributed by atoms with Crippen LogP contribution in [0.25, 0.3) is 21.8 Å². The number of aromatic nitrogens is 2. The number of nitrogens with two attached hydrogens (primary N) is 1. The molecule has 0 bridgehead atoms. The fourth-order valence-corrected chi connectivity index (χ4v) is 4.90. The van der Waals surface area contributed by atoms with E-state index < -0.39 is 0 Å². The summed E-state index contributed by atoms with van der Waals surface area (Å²) in [6.45, 7) is 2.81. The van der Waals surface area contributed by atoms with Crippen LogP contribution in [0.3, 0.4) is 0 Å². The van der Waals surface area contributed by atoms with Crippen molar-refractivity contribution in [2.24, 2.45) is 12.8 Å². The third-order valence-corrected chi connectivity index (χ3v) is 6.46. The predicted molar refractivity (Wildman–Crippen MR) is 121 cm³/mol. The van der Waals surface area contributed by atoms with Crippen LogP contribution < -0.4 is 10.6 Å². The Bertz CT molecular complexity index is 1230. The molecule has 4 nitrogen and oxygen atoms in total. The molecular weight excluding hydrogens is 375 g/mol. The lowest BCUT2D eigenvalue weighted by atomic mass is 10.1. The van der Waals surface area contributed by atoms with E-state index in [1.54, 1.807) is 12.1 Å². The number of fused-ring (bicyclic) bond motifs is 2. The van der Waals surface area contributed by atoms with E-state index in [0.29, 0.717) is 6.04 Å². The molecule has 4 aromatic rings. The van der Waals surface area contributed by atoms with Crippen molar-refractivity contribution in [2.45, 2.75) is 44.8 Å². The number of halogens is 1. The van der Waals surface area contributed by atoms with Crippen molar-refractivity contribution in [1.82, 2.24) is 9.55 Å². The summed E-state index contributed by atoms with van der Waals surface area (Å²) >= 11 is 0. The zero-order valence-electron chi connectivity index (χ0n) is 17.5. The standard InChI is InChI=1S/C25H27FN4/c1-16-11-25(28-23-10-7-18(26)12-22(16)23)30(20-9-8-19(27)13-20)15-17-14-29(2)24-6-4-3-5-21(17)24/h3-7,10-12,14,19-20H,8-9,13,15,27H2,1-2H3/t19-,20-/m0/s1. The van der Waals surface area contributed by atoms with Crippen LogP contribution in [0, 0.1) is 12.7 Å². The lowest BCUT2D eigenvalue weighted by Crippen LogP contribution is -2.35. The van der Waals surface area contributed by atoms with Crippen molar-refractivity contribution < 1.29 is 4.39 Å². The van der Waals surface area contributed by atoms with E-state index in [1.165, 1.54) is 22.5 Å². The fourth-order valence-electron chi connectivity index (χ4n) is 4.90. The third kappa shape index (κ3) is 3.33. The van der Waals surface area contributed by atoms with Crippen LogP contribution in [0.15, 0.2) is 54.7 Å². The topological polar surface area (TPSA) is 47.1 Å². The smallest absolute Gasteiger partial charge is 0.130 e. The zero-order valence-corrected chi connectivity index (χ0v) is 17.5. The normalized spacial score (nSPS) is 19.1. The molecule has 5 heteroatoms. The average Bonchev–Trinajstić information content (AvgIpc) is 3.30. The highest BCUT2D eigenvalue weighted by Gasteiger charge is 2.29. The molecule has 1 aliphatic rings. The van der Waals surface area contributed by atoms with Crippen molar-refractivity contribution in [2.75, 3.05) is 4.90 Å². The van der Waals surface area contributed by atoms with Gasteiger partial charge in [-0.15, -0.1) is 0 Å². The molecule has 1 saturated carbocycles. The largest absolute Gasteiger partial charge is 0.350 e. The number of hydrogen-bond donors (Lipinski definition) is 1. The number of rotatable bonds is 4. The van der Waals surface area contributed by atoms with E-state index in [2.05, 4.69) is 53.0 Å². The molecular formula is C25H27FN4. The van der Waals surface area contributed by atoms with Gasteiger partial charge in [0.2, 0.25) is 0 Å². The molecule has 1 aliphatic carbocycles. The summed E-state index contributed by atoms with van der Waals surface area (Å²) in [7, 11) is 2.09. The molecule has 0 spiro atoms. The average molecular weight is 403 g/mol. The van der Waals surface area contributed by atoms with Crippen LogP contribution in [-0.4, -0.2) is 21.6 Å². The van der Waals surface area contributed by atoms with Gasteiger partial charge < -0.3 is 15.2 Å². The van der Waals surface area contributed by atoms with Crippen LogP contribution in [0.5, 0.6) is 0 Å². The summed E-state index contributed by atoms with van der Waals surface area (Å²) < 4.78 is 15.9. The van der Waals surface area contributed by atoms with Gasteiger partial charge >= 0.3 is 0 Å². The van der Waals surface area contributed by atoms with Crippen molar-refractivity contribution in [3.8, 4) is 0 Å². The Labute approximate surface area is 176 Å². The van der Waals surface area contributed by atoms with Crippen LogP contribution in [0.1, 0.15) is 30.4 Å². The maximum Gasteiger partial charge on any atom is 0.130 e. The quantitative estimate of drug-likeness (QED) is 0.519. The summed E-state index contributed by atoms with van der Waals surface area (Å²) in [6, 6.07) is 16.0. The Kier molecular flexibility index (Phi) is 4.70. The van der Waals surface area contributed by atoms with Crippen molar-refractivity contribution in [1.29, 1.82) is 0 Å². The summed E-state index contributed by atoms with van der Waals surface area (Å²) in [6.07, 6.45) is 5.28. The van der Waals surface area contributed by atoms with Gasteiger partial charge in [0.05, 0.1) is 5.52 Å². The summed E-state index contributed by atoms with van der Waals surface area (Å²) in [4.78, 5) is 7.35. The first-order valence-electron chi connectivity index (χ1n) is 10.6. The minimum atomic E-state index is -0.227. The number of benzene rings is 2. The van der Waals surface area contributed by atoms with Gasteiger partial charge in [-0.2, -0.15) is 0 Å². The van der Waals surface area contributed by atoms with E-state index in [0.717, 1.165) is 48.1 Å². The first kappa shape index (κ1) is 19.1. The van der Waals surface area contributed by atoms with Gasteiger partial charge in [0, 0.05) is 48.2 Å². The van der Waals surface area contributed by atoms with Crippen molar-refractivity contribution in [3.63, 3.8) is 0 Å². The van der Waals surface area contributed by atoms with E-state index in [4.69, 9.17) is 10.7 Å². The molecule has 1 fully saturated rings. The molecule has 0 saturated heterocycles. The molecule has 0 aliphatic heterocycles. The SMILES string of the molecule is Cc1cc(N(Cc2cn(C)c3ccccc23)[C@H]2CC[C@H](N)C2)nc2ccc(F)cc12. The molecule has 0 amide bonds. The minimum Gasteiger partial charge on any atom is -0.350 e. The molecule has 2 aromatic heterocycles. The molecule has 2 aromatic carbocycles. The molecule has 2 atom stereocenters. The van der Waals surface area contributed by atoms with Gasteiger partial charge in [0.15, 0.2) is 0 Å². The Morgan fingerprint density at radius 1 is 1.13 bits per heavy atom. The number of pyridine rings is 1. The molecule has 5 rings (SSSR count). The van der Waals surface area contributed by atoms with Crippen LogP contribution in [0.2, 0.25) is 0 Å². The predicted octanol–water partition coefficient (Wildman–Crippen LogP) is 5.06. The fraction of sp³-hybridized carbons (Fsp3) is 0.320.